The molecule has 0 aromatic heterocycles. The quantitative estimate of drug-likeness (QED) is 0.406. The second-order valence-electron chi connectivity index (χ2n) is 13.3. The molecule has 0 radical (unpaired) electrons. The summed E-state index contributed by atoms with van der Waals surface area (Å²) < 4.78 is 10.7. The van der Waals surface area contributed by atoms with E-state index in [-0.39, 0.29) is 33.4 Å². The first-order valence-electron chi connectivity index (χ1n) is 13.3. The molecule has 0 amide bonds. The summed E-state index contributed by atoms with van der Waals surface area (Å²) in [6.07, 6.45) is 13.8. The molecule has 35 heavy (non-hydrogen) atoms. The van der Waals surface area contributed by atoms with E-state index < -0.39 is 5.41 Å². The number of ether oxygens (including phenoxy) is 2. The SMILES string of the molecule is COC(=O)[C@]1(C)CC[C@]2(C)CC[C@]3(C)C4=CC=C5C(=CC(=O)C(OC)=C5C)[C@]4(C)CC[C@@]3(C)[C@@H]2C1. The lowest BCUT2D eigenvalue weighted by atomic mass is 9.34. The first-order valence-corrected chi connectivity index (χ1v) is 13.3. The standard InChI is InChI=1S/C31H42O4/c1-19-20-9-10-23-29(4,21(20)17-22(32)25(19)34-7)14-16-31(6)24-18-28(3,26(33)35-8)12-11-27(24,2)13-15-30(23,31)5/h9-10,17,24H,11-16,18H2,1-8H3/t24-,27-,28-,29+,30-,31+/m1/s1. The van der Waals surface area contributed by atoms with Gasteiger partial charge in [-0.05, 0) is 98.2 Å². The van der Waals surface area contributed by atoms with Crippen LogP contribution in [0.15, 0.2) is 46.3 Å². The molecular formula is C31H42O4. The Morgan fingerprint density at radius 1 is 0.943 bits per heavy atom. The van der Waals surface area contributed by atoms with Crippen molar-refractivity contribution in [3.63, 3.8) is 0 Å². The molecule has 0 spiro atoms. The van der Waals surface area contributed by atoms with Gasteiger partial charge in [0.05, 0.1) is 19.6 Å². The molecule has 4 nitrogen and oxygen atoms in total. The van der Waals surface area contributed by atoms with Gasteiger partial charge in [0.15, 0.2) is 5.76 Å². The number of hydrogen-bond donors (Lipinski definition) is 0. The highest BCUT2D eigenvalue weighted by Crippen LogP contribution is 2.75. The molecule has 3 fully saturated rings. The Hall–Kier alpha value is -2.10. The predicted molar refractivity (Wildman–Crippen MR) is 137 cm³/mol. The number of allylic oxidation sites excluding steroid dienone is 7. The Balaban J connectivity index is 1.62. The average molecular weight is 479 g/mol. The lowest BCUT2D eigenvalue weighted by molar-refractivity contribution is -0.180. The van der Waals surface area contributed by atoms with Gasteiger partial charge in [-0.25, -0.2) is 0 Å². The van der Waals surface area contributed by atoms with E-state index in [4.69, 9.17) is 9.47 Å². The highest BCUT2D eigenvalue weighted by Gasteiger charge is 2.67. The second-order valence-corrected chi connectivity index (χ2v) is 13.3. The van der Waals surface area contributed by atoms with Gasteiger partial charge in [0.1, 0.15) is 0 Å². The Morgan fingerprint density at radius 2 is 1.63 bits per heavy atom. The van der Waals surface area contributed by atoms with Crippen molar-refractivity contribution in [3.8, 4) is 0 Å². The van der Waals surface area contributed by atoms with Crippen molar-refractivity contribution in [2.75, 3.05) is 14.2 Å². The lowest BCUT2D eigenvalue weighted by Gasteiger charge is -2.70. The van der Waals surface area contributed by atoms with Gasteiger partial charge in [0.2, 0.25) is 5.78 Å². The number of methoxy groups -OCH3 is 2. The van der Waals surface area contributed by atoms with Crippen molar-refractivity contribution < 1.29 is 19.1 Å². The predicted octanol–water partition coefficient (Wildman–Crippen LogP) is 6.87. The molecule has 0 saturated heterocycles. The van der Waals surface area contributed by atoms with Crippen LogP contribution >= 0.6 is 0 Å². The normalized spacial score (nSPS) is 44.6. The van der Waals surface area contributed by atoms with Crippen LogP contribution in [-0.2, 0) is 19.1 Å². The Morgan fingerprint density at radius 3 is 2.29 bits per heavy atom. The van der Waals surface area contributed by atoms with Gasteiger partial charge in [0, 0.05) is 11.0 Å². The number of hydrogen-bond acceptors (Lipinski definition) is 4. The van der Waals surface area contributed by atoms with Crippen LogP contribution in [-0.4, -0.2) is 26.0 Å². The molecular weight excluding hydrogens is 436 g/mol. The molecule has 0 bridgehead atoms. The maximum atomic E-state index is 13.0. The van der Waals surface area contributed by atoms with Gasteiger partial charge in [0.25, 0.3) is 0 Å². The monoisotopic (exact) mass is 478 g/mol. The molecule has 0 unspecified atom stereocenters. The highest BCUT2D eigenvalue weighted by atomic mass is 16.5. The van der Waals surface area contributed by atoms with Crippen molar-refractivity contribution >= 4 is 11.8 Å². The van der Waals surface area contributed by atoms with Gasteiger partial charge >= 0.3 is 5.97 Å². The summed E-state index contributed by atoms with van der Waals surface area (Å²) in [4.78, 5) is 25.8. The van der Waals surface area contributed by atoms with E-state index in [2.05, 4.69) is 46.8 Å². The van der Waals surface area contributed by atoms with Crippen LogP contribution in [0.25, 0.3) is 0 Å². The fourth-order valence-electron chi connectivity index (χ4n) is 9.13. The van der Waals surface area contributed by atoms with Crippen LogP contribution in [0.3, 0.4) is 0 Å². The molecule has 3 saturated carbocycles. The van der Waals surface area contributed by atoms with Crippen molar-refractivity contribution in [1.29, 1.82) is 0 Å². The zero-order valence-electron chi connectivity index (χ0n) is 22.9. The van der Waals surface area contributed by atoms with E-state index in [0.29, 0.717) is 11.7 Å². The number of fused-ring (bicyclic) bond motifs is 7. The molecule has 0 heterocycles. The van der Waals surface area contributed by atoms with Gasteiger partial charge in [-0.2, -0.15) is 0 Å². The number of carbonyl (C=O) groups excluding carboxylic acids is 2. The van der Waals surface area contributed by atoms with Crippen LogP contribution < -0.4 is 0 Å². The number of esters is 1. The van der Waals surface area contributed by atoms with Crippen LogP contribution in [0.2, 0.25) is 0 Å². The summed E-state index contributed by atoms with van der Waals surface area (Å²) in [6.45, 7) is 13.9. The van der Waals surface area contributed by atoms with Gasteiger partial charge in [-0.15, -0.1) is 0 Å². The Kier molecular flexibility index (Phi) is 5.24. The van der Waals surface area contributed by atoms with Crippen LogP contribution in [0, 0.1) is 33.0 Å². The van der Waals surface area contributed by atoms with Crippen LogP contribution in [0.5, 0.6) is 0 Å². The molecule has 5 aliphatic carbocycles. The van der Waals surface area contributed by atoms with E-state index in [1.54, 1.807) is 7.11 Å². The van der Waals surface area contributed by atoms with E-state index in [1.165, 1.54) is 19.1 Å². The largest absolute Gasteiger partial charge is 0.492 e. The van der Waals surface area contributed by atoms with Gasteiger partial charge in [-0.3, -0.25) is 9.59 Å². The highest BCUT2D eigenvalue weighted by molar-refractivity contribution is 6.07. The Bertz CT molecular complexity index is 1140. The molecule has 5 rings (SSSR count). The number of ketones is 1. The van der Waals surface area contributed by atoms with Crippen molar-refractivity contribution in [2.24, 2.45) is 33.0 Å². The van der Waals surface area contributed by atoms with Crippen molar-refractivity contribution in [3.05, 3.63) is 46.3 Å². The minimum absolute atomic E-state index is 0.00359. The summed E-state index contributed by atoms with van der Waals surface area (Å²) in [6, 6.07) is 0. The average Bonchev–Trinajstić information content (AvgIpc) is 2.82. The van der Waals surface area contributed by atoms with Gasteiger partial charge < -0.3 is 9.47 Å². The van der Waals surface area contributed by atoms with Crippen LogP contribution in [0.1, 0.15) is 86.5 Å². The zero-order chi connectivity index (χ0) is 25.6. The molecule has 5 aliphatic rings. The summed E-state index contributed by atoms with van der Waals surface area (Å²) in [7, 11) is 3.11. The lowest BCUT2D eigenvalue weighted by Crippen LogP contribution is -2.62. The third-order valence-electron chi connectivity index (χ3n) is 11.7. The minimum atomic E-state index is -0.411. The number of rotatable bonds is 2. The van der Waals surface area contributed by atoms with Gasteiger partial charge in [-0.1, -0.05) is 45.4 Å². The third kappa shape index (κ3) is 2.98. The molecule has 0 N–H and O–H groups in total. The summed E-state index contributed by atoms with van der Waals surface area (Å²) in [5.74, 6) is 0.842. The van der Waals surface area contributed by atoms with E-state index in [1.807, 2.05) is 13.0 Å². The van der Waals surface area contributed by atoms with Crippen LogP contribution in [0.4, 0.5) is 0 Å². The zero-order valence-corrected chi connectivity index (χ0v) is 22.9. The topological polar surface area (TPSA) is 52.6 Å². The first-order chi connectivity index (χ1) is 16.3. The summed E-state index contributed by atoms with van der Waals surface area (Å²) in [5.41, 5.74) is 4.49. The van der Waals surface area contributed by atoms with E-state index >= 15 is 0 Å². The fraction of sp³-hybridized carbons (Fsp3) is 0.677. The van der Waals surface area contributed by atoms with E-state index in [0.717, 1.165) is 55.2 Å². The smallest absolute Gasteiger partial charge is 0.311 e. The molecule has 0 aliphatic heterocycles. The maximum Gasteiger partial charge on any atom is 0.311 e. The molecule has 0 aromatic rings. The van der Waals surface area contributed by atoms with Crippen molar-refractivity contribution in [1.82, 2.24) is 0 Å². The molecule has 6 atom stereocenters. The maximum absolute atomic E-state index is 13.0. The summed E-state index contributed by atoms with van der Waals surface area (Å²) in [5, 5.41) is 0. The van der Waals surface area contributed by atoms with E-state index in [9.17, 15) is 9.59 Å². The second kappa shape index (κ2) is 7.46. The Labute approximate surface area is 210 Å². The summed E-state index contributed by atoms with van der Waals surface area (Å²) >= 11 is 0. The molecule has 0 aromatic carbocycles. The first kappa shape index (κ1) is 24.6. The minimum Gasteiger partial charge on any atom is -0.492 e. The molecule has 4 heteroatoms. The fourth-order valence-corrected chi connectivity index (χ4v) is 9.13. The molecule has 190 valence electrons. The van der Waals surface area contributed by atoms with Crippen molar-refractivity contribution in [2.45, 2.75) is 86.5 Å². The third-order valence-corrected chi connectivity index (χ3v) is 11.7. The number of carbonyl (C=O) groups is 2.